The van der Waals surface area contributed by atoms with Crippen LogP contribution in [0.15, 0.2) is 51.4 Å². The second kappa shape index (κ2) is 6.76. The third kappa shape index (κ3) is 3.06. The Morgan fingerprint density at radius 1 is 1.19 bits per heavy atom. The zero-order valence-corrected chi connectivity index (χ0v) is 17.3. The van der Waals surface area contributed by atoms with Crippen molar-refractivity contribution in [1.82, 2.24) is 10.2 Å². The van der Waals surface area contributed by atoms with Gasteiger partial charge in [0.2, 0.25) is 5.91 Å². The van der Waals surface area contributed by atoms with Gasteiger partial charge in [-0.25, -0.2) is 4.79 Å². The Kier molecular flexibility index (Phi) is 4.55. The fourth-order valence-electron chi connectivity index (χ4n) is 3.66. The van der Waals surface area contributed by atoms with Crippen molar-refractivity contribution in [3.05, 3.63) is 62.5 Å². The summed E-state index contributed by atoms with van der Waals surface area (Å²) in [7, 11) is 0. The first-order valence-corrected chi connectivity index (χ1v) is 9.97. The second-order valence-corrected chi connectivity index (χ2v) is 8.33. The molecular weight excluding hydrogens is 478 g/mol. The van der Waals surface area contributed by atoms with E-state index in [1.807, 2.05) is 24.3 Å². The molecule has 1 unspecified atom stereocenters. The molecule has 2 aliphatic rings. The first-order chi connectivity index (χ1) is 12.9. The van der Waals surface area contributed by atoms with E-state index >= 15 is 0 Å². The summed E-state index contributed by atoms with van der Waals surface area (Å²) in [5, 5.41) is 5.54. The molecule has 1 spiro atoms. The fourth-order valence-corrected chi connectivity index (χ4v) is 4.80. The molecule has 8 heteroatoms. The molecule has 2 aromatic rings. The van der Waals surface area contributed by atoms with Gasteiger partial charge in [0.1, 0.15) is 12.1 Å². The van der Waals surface area contributed by atoms with Crippen molar-refractivity contribution in [3.63, 3.8) is 0 Å². The highest BCUT2D eigenvalue weighted by atomic mass is 79.9. The number of amides is 4. The van der Waals surface area contributed by atoms with Crippen molar-refractivity contribution < 1.29 is 14.4 Å². The minimum atomic E-state index is -1.05. The third-order valence-corrected chi connectivity index (χ3v) is 6.08. The predicted molar refractivity (Wildman–Crippen MR) is 107 cm³/mol. The molecule has 138 valence electrons. The number of aryl methyl sites for hydroxylation is 1. The molecule has 0 aromatic heterocycles. The van der Waals surface area contributed by atoms with Crippen LogP contribution < -0.4 is 10.6 Å². The summed E-state index contributed by atoms with van der Waals surface area (Å²) in [6.45, 7) is -0.336. The molecule has 0 bridgehead atoms. The molecular formula is C19H15Br2N3O3. The molecule has 2 aromatic carbocycles. The first-order valence-electron chi connectivity index (χ1n) is 8.38. The summed E-state index contributed by atoms with van der Waals surface area (Å²) in [5.74, 6) is -0.813. The number of benzene rings is 2. The number of fused-ring (bicyclic) bond motifs is 2. The number of imide groups is 1. The Labute approximate surface area is 172 Å². The lowest BCUT2D eigenvalue weighted by molar-refractivity contribution is -0.134. The minimum Gasteiger partial charge on any atom is -0.323 e. The molecule has 1 fully saturated rings. The summed E-state index contributed by atoms with van der Waals surface area (Å²) >= 11 is 6.72. The summed E-state index contributed by atoms with van der Waals surface area (Å²) < 4.78 is 1.56. The summed E-state index contributed by atoms with van der Waals surface area (Å²) in [4.78, 5) is 38.9. The van der Waals surface area contributed by atoms with Crippen LogP contribution in [0.4, 0.5) is 10.5 Å². The number of carbonyl (C=O) groups excluding carboxylic acids is 3. The van der Waals surface area contributed by atoms with Crippen molar-refractivity contribution >= 4 is 55.4 Å². The molecule has 4 amide bonds. The lowest BCUT2D eigenvalue weighted by Crippen LogP contribution is -2.43. The van der Waals surface area contributed by atoms with E-state index in [1.54, 1.807) is 18.2 Å². The SMILES string of the molecule is O=C(CN1C(=O)NC2(CCc3ccccc32)C1=O)Nc1ccc(Br)cc1Br. The summed E-state index contributed by atoms with van der Waals surface area (Å²) in [6.07, 6.45) is 1.22. The van der Waals surface area contributed by atoms with Crippen molar-refractivity contribution in [3.8, 4) is 0 Å². The summed E-state index contributed by atoms with van der Waals surface area (Å²) in [5.41, 5.74) is 1.39. The van der Waals surface area contributed by atoms with Gasteiger partial charge in [-0.05, 0) is 58.1 Å². The van der Waals surface area contributed by atoms with E-state index in [1.165, 1.54) is 0 Å². The number of hydrogen-bond acceptors (Lipinski definition) is 3. The molecule has 27 heavy (non-hydrogen) atoms. The average Bonchev–Trinajstić information content (AvgIpc) is 3.11. The smallest absolute Gasteiger partial charge is 0.323 e. The maximum atomic E-state index is 13.0. The van der Waals surface area contributed by atoms with Gasteiger partial charge < -0.3 is 10.6 Å². The van der Waals surface area contributed by atoms with Gasteiger partial charge in [-0.2, -0.15) is 0 Å². The van der Waals surface area contributed by atoms with Crippen LogP contribution in [0.2, 0.25) is 0 Å². The van der Waals surface area contributed by atoms with Crippen LogP contribution >= 0.6 is 31.9 Å². The molecule has 1 aliphatic heterocycles. The van der Waals surface area contributed by atoms with E-state index in [9.17, 15) is 14.4 Å². The molecule has 4 rings (SSSR count). The molecule has 6 nitrogen and oxygen atoms in total. The number of nitrogens with zero attached hydrogens (tertiary/aromatic N) is 1. The molecule has 2 N–H and O–H groups in total. The van der Waals surface area contributed by atoms with Gasteiger partial charge in [-0.1, -0.05) is 40.2 Å². The number of urea groups is 1. The van der Waals surface area contributed by atoms with Gasteiger partial charge in [0.25, 0.3) is 5.91 Å². The van der Waals surface area contributed by atoms with E-state index in [-0.39, 0.29) is 12.5 Å². The first kappa shape index (κ1) is 18.2. The van der Waals surface area contributed by atoms with Gasteiger partial charge in [0.15, 0.2) is 0 Å². The number of halogens is 2. The molecule has 1 aliphatic carbocycles. The quantitative estimate of drug-likeness (QED) is 0.643. The van der Waals surface area contributed by atoms with E-state index < -0.39 is 17.5 Å². The normalized spacial score (nSPS) is 20.7. The van der Waals surface area contributed by atoms with Gasteiger partial charge in [0.05, 0.1) is 5.69 Å². The maximum absolute atomic E-state index is 13.0. The van der Waals surface area contributed by atoms with Crippen LogP contribution in [0.5, 0.6) is 0 Å². The number of nitrogens with one attached hydrogen (secondary N) is 2. The predicted octanol–water partition coefficient (Wildman–Crippen LogP) is 3.54. The highest BCUT2D eigenvalue weighted by molar-refractivity contribution is 9.11. The molecule has 1 atom stereocenters. The van der Waals surface area contributed by atoms with Crippen LogP contribution in [0.25, 0.3) is 0 Å². The minimum absolute atomic E-state index is 0.336. The number of hydrogen-bond donors (Lipinski definition) is 2. The van der Waals surface area contributed by atoms with Gasteiger partial charge in [-0.15, -0.1) is 0 Å². The van der Waals surface area contributed by atoms with Crippen LogP contribution in [0.1, 0.15) is 17.5 Å². The van der Waals surface area contributed by atoms with Crippen LogP contribution in [-0.4, -0.2) is 29.3 Å². The largest absolute Gasteiger partial charge is 0.325 e. The standard InChI is InChI=1S/C19H15Br2N3O3/c20-12-5-6-15(14(21)9-12)22-16(25)10-24-17(26)19(23-18(24)27)8-7-11-3-1-2-4-13(11)19/h1-6,9H,7-8,10H2,(H,22,25)(H,23,27). The Balaban J connectivity index is 1.53. The van der Waals surface area contributed by atoms with E-state index in [2.05, 4.69) is 42.5 Å². The van der Waals surface area contributed by atoms with Crippen molar-refractivity contribution in [1.29, 1.82) is 0 Å². The molecule has 1 saturated heterocycles. The maximum Gasteiger partial charge on any atom is 0.325 e. The van der Waals surface area contributed by atoms with Gasteiger partial charge >= 0.3 is 6.03 Å². The van der Waals surface area contributed by atoms with E-state index in [0.29, 0.717) is 23.0 Å². The topological polar surface area (TPSA) is 78.5 Å². The number of rotatable bonds is 3. The lowest BCUT2D eigenvalue weighted by Gasteiger charge is -2.22. The second-order valence-electron chi connectivity index (χ2n) is 6.56. The monoisotopic (exact) mass is 491 g/mol. The van der Waals surface area contributed by atoms with Gasteiger partial charge in [0, 0.05) is 8.95 Å². The lowest BCUT2D eigenvalue weighted by atomic mass is 9.92. The van der Waals surface area contributed by atoms with Crippen LogP contribution in [0, 0.1) is 0 Å². The van der Waals surface area contributed by atoms with Crippen molar-refractivity contribution in [2.75, 3.05) is 11.9 Å². The Hall–Kier alpha value is -2.19. The zero-order chi connectivity index (χ0) is 19.2. The molecule has 0 saturated carbocycles. The highest BCUT2D eigenvalue weighted by Crippen LogP contribution is 2.41. The zero-order valence-electron chi connectivity index (χ0n) is 14.1. The summed E-state index contributed by atoms with van der Waals surface area (Å²) in [6, 6.07) is 12.4. The van der Waals surface area contributed by atoms with Crippen molar-refractivity contribution in [2.24, 2.45) is 0 Å². The van der Waals surface area contributed by atoms with E-state index in [0.717, 1.165) is 20.5 Å². The molecule has 0 radical (unpaired) electrons. The number of carbonyl (C=O) groups is 3. The Morgan fingerprint density at radius 3 is 2.74 bits per heavy atom. The number of anilines is 1. The van der Waals surface area contributed by atoms with Crippen LogP contribution in [-0.2, 0) is 21.5 Å². The Bertz CT molecular complexity index is 978. The highest BCUT2D eigenvalue weighted by Gasteiger charge is 2.55. The average molecular weight is 493 g/mol. The van der Waals surface area contributed by atoms with Crippen molar-refractivity contribution in [2.45, 2.75) is 18.4 Å². The third-order valence-electron chi connectivity index (χ3n) is 4.93. The van der Waals surface area contributed by atoms with E-state index in [4.69, 9.17) is 0 Å². The molecule has 1 heterocycles. The Morgan fingerprint density at radius 2 is 1.96 bits per heavy atom. The fraction of sp³-hybridized carbons (Fsp3) is 0.211. The van der Waals surface area contributed by atoms with Crippen LogP contribution in [0.3, 0.4) is 0 Å². The van der Waals surface area contributed by atoms with Gasteiger partial charge in [-0.3, -0.25) is 14.5 Å².